The summed E-state index contributed by atoms with van der Waals surface area (Å²) in [5, 5.41) is 12.1. The summed E-state index contributed by atoms with van der Waals surface area (Å²) < 4.78 is 0. The normalized spacial score (nSPS) is 16.0. The zero-order valence-electron chi connectivity index (χ0n) is 12.4. The van der Waals surface area contributed by atoms with Gasteiger partial charge in [0.05, 0.1) is 5.56 Å². The van der Waals surface area contributed by atoms with E-state index in [1.54, 1.807) is 6.07 Å². The Bertz CT molecular complexity index is 659. The first kappa shape index (κ1) is 13.9. The van der Waals surface area contributed by atoms with Crippen molar-refractivity contribution in [3.63, 3.8) is 0 Å². The van der Waals surface area contributed by atoms with Crippen LogP contribution in [0, 0.1) is 0 Å². The lowest BCUT2D eigenvalue weighted by molar-refractivity contribution is 0.0693. The standard InChI is InChI=1S/C18H21NO2/c1-19(14-8-3-2-4-9-14)18(21)16-12-11-13-7-5-6-10-15(13)17(16)20/h5-7,10-12,14,20H,2-4,8-9H2,1H3. The van der Waals surface area contributed by atoms with Crippen molar-refractivity contribution in [3.8, 4) is 5.75 Å². The van der Waals surface area contributed by atoms with Crippen molar-refractivity contribution in [1.82, 2.24) is 4.90 Å². The topological polar surface area (TPSA) is 40.5 Å². The van der Waals surface area contributed by atoms with E-state index < -0.39 is 0 Å². The van der Waals surface area contributed by atoms with Gasteiger partial charge in [0.1, 0.15) is 5.75 Å². The Morgan fingerprint density at radius 2 is 1.81 bits per heavy atom. The molecular formula is C18H21NO2. The number of nitrogens with zero attached hydrogens (tertiary/aromatic N) is 1. The van der Waals surface area contributed by atoms with E-state index in [2.05, 4.69) is 0 Å². The third kappa shape index (κ3) is 2.60. The summed E-state index contributed by atoms with van der Waals surface area (Å²) in [6.45, 7) is 0. The molecule has 1 saturated carbocycles. The molecular weight excluding hydrogens is 262 g/mol. The second-order valence-electron chi connectivity index (χ2n) is 5.89. The van der Waals surface area contributed by atoms with Crippen molar-refractivity contribution in [3.05, 3.63) is 42.0 Å². The number of carbonyl (C=O) groups excluding carboxylic acids is 1. The van der Waals surface area contributed by atoms with Crippen LogP contribution in [0.2, 0.25) is 0 Å². The predicted molar refractivity (Wildman–Crippen MR) is 84.6 cm³/mol. The van der Waals surface area contributed by atoms with Crippen molar-refractivity contribution in [2.45, 2.75) is 38.1 Å². The molecule has 0 radical (unpaired) electrons. The summed E-state index contributed by atoms with van der Waals surface area (Å²) in [4.78, 5) is 14.5. The fourth-order valence-electron chi connectivity index (χ4n) is 3.25. The van der Waals surface area contributed by atoms with E-state index in [0.29, 0.717) is 11.6 Å². The van der Waals surface area contributed by atoms with Crippen molar-refractivity contribution in [2.75, 3.05) is 7.05 Å². The predicted octanol–water partition coefficient (Wildman–Crippen LogP) is 3.95. The number of rotatable bonds is 2. The molecule has 0 aliphatic heterocycles. The molecule has 0 spiro atoms. The third-order valence-electron chi connectivity index (χ3n) is 4.57. The molecule has 0 aromatic heterocycles. The quantitative estimate of drug-likeness (QED) is 0.906. The maximum Gasteiger partial charge on any atom is 0.257 e. The maximum absolute atomic E-state index is 12.7. The highest BCUT2D eigenvalue weighted by Gasteiger charge is 2.25. The van der Waals surface area contributed by atoms with Gasteiger partial charge in [-0.1, -0.05) is 49.6 Å². The molecule has 2 aromatic rings. The smallest absolute Gasteiger partial charge is 0.257 e. The van der Waals surface area contributed by atoms with Gasteiger partial charge in [-0.25, -0.2) is 0 Å². The van der Waals surface area contributed by atoms with E-state index >= 15 is 0 Å². The average molecular weight is 283 g/mol. The van der Waals surface area contributed by atoms with E-state index in [-0.39, 0.29) is 11.7 Å². The molecule has 1 fully saturated rings. The van der Waals surface area contributed by atoms with Gasteiger partial charge >= 0.3 is 0 Å². The van der Waals surface area contributed by atoms with Crippen LogP contribution in [0.3, 0.4) is 0 Å². The number of carbonyl (C=O) groups is 1. The van der Waals surface area contributed by atoms with Crippen LogP contribution in [0.25, 0.3) is 10.8 Å². The highest BCUT2D eigenvalue weighted by molar-refractivity contribution is 6.03. The SMILES string of the molecule is CN(C(=O)c1ccc2ccccc2c1O)C1CCCCC1. The molecule has 110 valence electrons. The van der Waals surface area contributed by atoms with Crippen LogP contribution < -0.4 is 0 Å². The molecule has 1 amide bonds. The van der Waals surface area contributed by atoms with Gasteiger partial charge in [-0.2, -0.15) is 0 Å². The zero-order valence-corrected chi connectivity index (χ0v) is 12.4. The molecule has 0 heterocycles. The first-order chi connectivity index (χ1) is 10.2. The average Bonchev–Trinajstić information content (AvgIpc) is 2.55. The summed E-state index contributed by atoms with van der Waals surface area (Å²) in [5.74, 6) is 0.0194. The number of fused-ring (bicyclic) bond motifs is 1. The zero-order chi connectivity index (χ0) is 14.8. The van der Waals surface area contributed by atoms with Crippen molar-refractivity contribution in [1.29, 1.82) is 0 Å². The van der Waals surface area contributed by atoms with Crippen LogP contribution in [0.4, 0.5) is 0 Å². The number of aromatic hydroxyl groups is 1. The second-order valence-corrected chi connectivity index (χ2v) is 5.89. The molecule has 1 aliphatic carbocycles. The largest absolute Gasteiger partial charge is 0.506 e. The van der Waals surface area contributed by atoms with Crippen LogP contribution in [0.5, 0.6) is 5.75 Å². The van der Waals surface area contributed by atoms with Crippen LogP contribution in [0.15, 0.2) is 36.4 Å². The Morgan fingerprint density at radius 1 is 1.10 bits per heavy atom. The summed E-state index contributed by atoms with van der Waals surface area (Å²) >= 11 is 0. The Balaban J connectivity index is 1.92. The van der Waals surface area contributed by atoms with Crippen LogP contribution in [0.1, 0.15) is 42.5 Å². The monoisotopic (exact) mass is 283 g/mol. The highest BCUT2D eigenvalue weighted by atomic mass is 16.3. The molecule has 0 bridgehead atoms. The van der Waals surface area contributed by atoms with E-state index in [1.807, 2.05) is 42.3 Å². The van der Waals surface area contributed by atoms with Gasteiger partial charge in [-0.15, -0.1) is 0 Å². The molecule has 0 unspecified atom stereocenters. The lowest BCUT2D eigenvalue weighted by Gasteiger charge is -2.31. The number of hydrogen-bond acceptors (Lipinski definition) is 2. The Labute approximate surface area is 125 Å². The summed E-state index contributed by atoms with van der Waals surface area (Å²) in [6.07, 6.45) is 5.77. The van der Waals surface area contributed by atoms with Crippen molar-refractivity contribution < 1.29 is 9.90 Å². The van der Waals surface area contributed by atoms with E-state index in [0.717, 1.165) is 23.6 Å². The Hall–Kier alpha value is -2.03. The molecule has 3 rings (SSSR count). The van der Waals surface area contributed by atoms with Gasteiger partial charge in [0.15, 0.2) is 0 Å². The van der Waals surface area contributed by atoms with E-state index in [9.17, 15) is 9.90 Å². The summed E-state index contributed by atoms with van der Waals surface area (Å²) in [5.41, 5.74) is 0.404. The van der Waals surface area contributed by atoms with Gasteiger partial charge in [-0.05, 0) is 24.3 Å². The van der Waals surface area contributed by atoms with Gasteiger partial charge < -0.3 is 10.0 Å². The van der Waals surface area contributed by atoms with Crippen LogP contribution in [-0.4, -0.2) is 29.0 Å². The highest BCUT2D eigenvalue weighted by Crippen LogP contribution is 2.31. The molecule has 3 heteroatoms. The molecule has 1 aliphatic rings. The second kappa shape index (κ2) is 5.76. The molecule has 1 N–H and O–H groups in total. The third-order valence-corrected chi connectivity index (χ3v) is 4.57. The maximum atomic E-state index is 12.7. The van der Waals surface area contributed by atoms with Crippen molar-refractivity contribution >= 4 is 16.7 Å². The van der Waals surface area contributed by atoms with Crippen LogP contribution in [-0.2, 0) is 0 Å². The number of phenols is 1. The number of phenolic OH excluding ortho intramolecular Hbond substituents is 1. The fourth-order valence-corrected chi connectivity index (χ4v) is 3.25. The first-order valence-electron chi connectivity index (χ1n) is 7.66. The number of amides is 1. The molecule has 0 atom stereocenters. The van der Waals surface area contributed by atoms with Crippen LogP contribution >= 0.6 is 0 Å². The number of hydrogen-bond donors (Lipinski definition) is 1. The summed E-state index contributed by atoms with van der Waals surface area (Å²) in [6, 6.07) is 11.5. The number of benzene rings is 2. The van der Waals surface area contributed by atoms with E-state index in [1.165, 1.54) is 19.3 Å². The van der Waals surface area contributed by atoms with Crippen molar-refractivity contribution in [2.24, 2.45) is 0 Å². The van der Waals surface area contributed by atoms with Gasteiger partial charge in [-0.3, -0.25) is 4.79 Å². The lowest BCUT2D eigenvalue weighted by atomic mass is 9.94. The van der Waals surface area contributed by atoms with Gasteiger partial charge in [0.2, 0.25) is 0 Å². The lowest BCUT2D eigenvalue weighted by Crippen LogP contribution is -2.38. The minimum atomic E-state index is -0.0786. The molecule has 0 saturated heterocycles. The molecule has 2 aromatic carbocycles. The summed E-state index contributed by atoms with van der Waals surface area (Å²) in [7, 11) is 1.85. The first-order valence-corrected chi connectivity index (χ1v) is 7.66. The van der Waals surface area contributed by atoms with E-state index in [4.69, 9.17) is 0 Å². The Morgan fingerprint density at radius 3 is 2.57 bits per heavy atom. The molecule has 3 nitrogen and oxygen atoms in total. The molecule has 21 heavy (non-hydrogen) atoms. The minimum Gasteiger partial charge on any atom is -0.506 e. The van der Waals surface area contributed by atoms with Gasteiger partial charge in [0.25, 0.3) is 5.91 Å². The Kier molecular flexibility index (Phi) is 3.82. The fraction of sp³-hybridized carbons (Fsp3) is 0.389. The van der Waals surface area contributed by atoms with Gasteiger partial charge in [0, 0.05) is 18.5 Å². The minimum absolute atomic E-state index is 0.0786.